The number of aliphatic carboxylic acids is 1. The van der Waals surface area contributed by atoms with Crippen molar-refractivity contribution in [2.24, 2.45) is 5.92 Å². The van der Waals surface area contributed by atoms with Crippen LogP contribution in [0.2, 0.25) is 5.02 Å². The summed E-state index contributed by atoms with van der Waals surface area (Å²) in [5.74, 6) is -7.53. The van der Waals surface area contributed by atoms with Crippen molar-refractivity contribution in [1.82, 2.24) is 34.2 Å². The molecule has 2 amide bonds. The van der Waals surface area contributed by atoms with Gasteiger partial charge in [0.05, 0.1) is 45.8 Å². The molecule has 72 heavy (non-hydrogen) atoms. The first-order valence-corrected chi connectivity index (χ1v) is 24.5. The molecule has 2 N–H and O–H groups in total. The molecule has 1 saturated carbocycles. The monoisotopic (exact) mass is 1080 g/mol. The highest BCUT2D eigenvalue weighted by molar-refractivity contribution is 7.92. The maximum Gasteiger partial charge on any atom is 0.435 e. The van der Waals surface area contributed by atoms with Gasteiger partial charge in [0.2, 0.25) is 11.8 Å². The summed E-state index contributed by atoms with van der Waals surface area (Å²) in [6, 6.07) is 4.93. The molecule has 4 atom stereocenters. The number of benzene rings is 2. The highest BCUT2D eigenvalue weighted by atomic mass is 35.5. The summed E-state index contributed by atoms with van der Waals surface area (Å²) in [6.45, 7) is -1.77. The van der Waals surface area contributed by atoms with Crippen LogP contribution in [-0.2, 0) is 73.6 Å². The molecule has 2 aliphatic rings. The van der Waals surface area contributed by atoms with Crippen LogP contribution in [0.25, 0.3) is 22.0 Å². The van der Waals surface area contributed by atoms with Gasteiger partial charge in [-0.1, -0.05) is 23.6 Å². The van der Waals surface area contributed by atoms with E-state index in [0.29, 0.717) is 10.7 Å². The van der Waals surface area contributed by atoms with Crippen LogP contribution in [0.15, 0.2) is 42.5 Å². The number of hydrogen-bond acceptors (Lipinski definition) is 10. The largest absolute Gasteiger partial charge is 0.755 e. The Hall–Kier alpha value is -6.11. The van der Waals surface area contributed by atoms with E-state index in [1.807, 2.05) is 0 Å². The fourth-order valence-electron chi connectivity index (χ4n) is 8.34. The number of nitrogens with zero attached hydrogens (tertiary/aromatic N) is 6. The molecule has 386 valence electrons. The maximum atomic E-state index is 15.6. The Kier molecular flexibility index (Phi) is 14.5. The number of halogens is 11. The molecule has 7 rings (SSSR count). The van der Waals surface area contributed by atoms with Crippen molar-refractivity contribution < 1.29 is 80.6 Å². The average Bonchev–Trinajstić information content (AvgIpc) is 3.76. The van der Waals surface area contributed by atoms with Gasteiger partial charge in [0.15, 0.2) is 15.5 Å². The molecule has 3 aromatic heterocycles. The number of carbonyl (C=O) groups is 3. The lowest BCUT2D eigenvalue weighted by Gasteiger charge is -2.24. The number of nitrogens with one attached hydrogen (secondary N) is 1. The van der Waals surface area contributed by atoms with Crippen molar-refractivity contribution in [3.05, 3.63) is 98.7 Å². The lowest BCUT2D eigenvalue weighted by atomic mass is 9.93. The van der Waals surface area contributed by atoms with E-state index < -0.39 is 164 Å². The predicted molar refractivity (Wildman–Crippen MR) is 234 cm³/mol. The Morgan fingerprint density at radius 2 is 1.67 bits per heavy atom. The zero-order valence-electron chi connectivity index (χ0n) is 37.4. The predicted octanol–water partition coefficient (Wildman–Crippen LogP) is 7.67. The number of pyridine rings is 1. The minimum absolute atomic E-state index is 0.179. The van der Waals surface area contributed by atoms with Crippen LogP contribution in [0.5, 0.6) is 0 Å². The number of carboxylic acids is 1. The highest BCUT2D eigenvalue weighted by Crippen LogP contribution is 2.68. The zero-order valence-corrected chi connectivity index (χ0v) is 39.8. The lowest BCUT2D eigenvalue weighted by molar-refractivity contribution is -0.143. The van der Waals surface area contributed by atoms with Gasteiger partial charge in [-0.25, -0.2) is 22.2 Å². The number of fused-ring (bicyclic) bond motifs is 4. The van der Waals surface area contributed by atoms with Gasteiger partial charge >= 0.3 is 18.3 Å². The van der Waals surface area contributed by atoms with Gasteiger partial charge in [0.1, 0.15) is 40.9 Å². The van der Waals surface area contributed by atoms with Crippen molar-refractivity contribution in [2.75, 3.05) is 6.26 Å². The highest BCUT2D eigenvalue weighted by Gasteiger charge is 2.68. The molecule has 2 aromatic carbocycles. The van der Waals surface area contributed by atoms with E-state index in [-0.39, 0.29) is 54.6 Å². The molecule has 0 saturated heterocycles. The van der Waals surface area contributed by atoms with E-state index in [9.17, 15) is 66.7 Å². The summed E-state index contributed by atoms with van der Waals surface area (Å²) in [6.07, 6.45) is -11.9. The summed E-state index contributed by atoms with van der Waals surface area (Å²) < 4.78 is 195. The first-order valence-electron chi connectivity index (χ1n) is 21.2. The molecule has 5 aromatic rings. The van der Waals surface area contributed by atoms with E-state index in [4.69, 9.17) is 16.7 Å². The van der Waals surface area contributed by atoms with Crippen LogP contribution >= 0.6 is 11.6 Å². The van der Waals surface area contributed by atoms with E-state index >= 15 is 8.78 Å². The summed E-state index contributed by atoms with van der Waals surface area (Å²) in [4.78, 5) is 42.7. The van der Waals surface area contributed by atoms with E-state index in [0.717, 1.165) is 36.6 Å². The lowest BCUT2D eigenvalue weighted by Crippen LogP contribution is -2.35. The number of carboxylic acid groups (broad SMARTS) is 1. The molecule has 28 heteroatoms. The number of amides is 2. The SMILES string of the molecule is CC(C)(C#Cc1ccc(-c2ccc(Cl)c3c(CN(C(=O)CCCC(=O)O)S(=O)[O-])nn(CC(F)(F)F)c23)c(C(Cc2cc(F)cc(F)c2)NC(=O)Cn2nc(C(F)(F)F)c3c2C(F)(F)[C@@H]2C[C@H]32)n1)S(C)(=O)=O. The van der Waals surface area contributed by atoms with Crippen LogP contribution < -0.4 is 5.32 Å². The second kappa shape index (κ2) is 19.4. The number of sulfone groups is 1. The molecule has 3 heterocycles. The van der Waals surface area contributed by atoms with Gasteiger partial charge in [0, 0.05) is 53.2 Å². The van der Waals surface area contributed by atoms with Crippen LogP contribution in [-0.4, -0.2) is 86.1 Å². The van der Waals surface area contributed by atoms with Crippen LogP contribution in [0.1, 0.15) is 91.1 Å². The molecular weight excluding hydrogens is 1040 g/mol. The van der Waals surface area contributed by atoms with Crippen LogP contribution in [0, 0.1) is 29.4 Å². The molecule has 0 aliphatic heterocycles. The third-order valence-corrected chi connectivity index (χ3v) is 14.9. The normalized spacial score (nSPS) is 17.2. The first kappa shape index (κ1) is 53.7. The van der Waals surface area contributed by atoms with E-state index in [1.54, 1.807) is 0 Å². The Morgan fingerprint density at radius 1 is 1.01 bits per heavy atom. The number of rotatable bonds is 16. The number of carbonyl (C=O) groups excluding carboxylic acids is 2. The fraction of sp³-hybridized carbons (Fsp3) is 0.409. The number of aromatic nitrogens is 5. The fourth-order valence-corrected chi connectivity index (χ4v) is 9.32. The minimum atomic E-state index is -5.22. The van der Waals surface area contributed by atoms with Gasteiger partial charge in [-0.05, 0) is 80.8 Å². The maximum absolute atomic E-state index is 15.6. The standard InChI is InChI=1S/C44H38ClF10N7O8S2/c1-41(2,72(3,69)70)12-11-24-7-8-25(26-9-10-29(45)36-31(58-61(38(26)36)20-42(48,49)50)18-62(71(67)68)33(64)5-4-6-34(65)66)37(56-24)30(15-21-13-22(46)16-23(47)14-21)57-32(63)19-60-40-35(39(59-60)44(53,54)55)27-17-28(27)43(40,51)52/h7-10,13-14,16,27-28,30H,4-6,15,17-20H2,1-3H3,(H,57,63)(H,65,66)(H,67,68)/p-1/t27-,28+,30?/m0/s1. The quantitative estimate of drug-likeness (QED) is 0.0557. The van der Waals surface area contributed by atoms with Crippen molar-refractivity contribution in [2.45, 2.75) is 101 Å². The molecule has 0 bridgehead atoms. The van der Waals surface area contributed by atoms with Crippen molar-refractivity contribution in [1.29, 1.82) is 0 Å². The van der Waals surface area contributed by atoms with Crippen LogP contribution in [0.3, 0.4) is 0 Å². The second-order valence-corrected chi connectivity index (χ2v) is 21.4. The molecule has 2 aliphatic carbocycles. The Bertz CT molecular complexity index is 3220. The zero-order chi connectivity index (χ0) is 53.2. The molecule has 2 unspecified atom stereocenters. The Balaban J connectivity index is 1.44. The topological polar surface area (TPSA) is 210 Å². The van der Waals surface area contributed by atoms with Gasteiger partial charge in [-0.3, -0.25) is 32.3 Å². The smallest absolute Gasteiger partial charge is 0.435 e. The Morgan fingerprint density at radius 3 is 2.26 bits per heavy atom. The number of hydrogen-bond donors (Lipinski definition) is 2. The second-order valence-electron chi connectivity index (χ2n) is 17.5. The molecular formula is C44H37ClF10N7O8S2-. The van der Waals surface area contributed by atoms with Crippen LogP contribution in [0.4, 0.5) is 43.9 Å². The number of alkyl halides is 8. The summed E-state index contributed by atoms with van der Waals surface area (Å²) >= 11 is 3.19. The van der Waals surface area contributed by atoms with Crippen molar-refractivity contribution in [3.8, 4) is 23.0 Å². The van der Waals surface area contributed by atoms with Gasteiger partial charge < -0.3 is 15.0 Å². The third-order valence-electron chi connectivity index (χ3n) is 11.9. The minimum Gasteiger partial charge on any atom is -0.755 e. The Labute approximate surface area is 409 Å². The summed E-state index contributed by atoms with van der Waals surface area (Å²) in [7, 11) is -3.90. The van der Waals surface area contributed by atoms with Gasteiger partial charge in [-0.2, -0.15) is 45.3 Å². The van der Waals surface area contributed by atoms with E-state index in [2.05, 4.69) is 32.3 Å². The average molecular weight is 1080 g/mol. The van der Waals surface area contributed by atoms with Crippen molar-refractivity contribution in [3.63, 3.8) is 0 Å². The third kappa shape index (κ3) is 11.2. The summed E-state index contributed by atoms with van der Waals surface area (Å²) in [5, 5.41) is 18.1. The summed E-state index contributed by atoms with van der Waals surface area (Å²) in [5.41, 5.74) is -6.14. The van der Waals surface area contributed by atoms with Crippen molar-refractivity contribution >= 4 is 61.4 Å². The van der Waals surface area contributed by atoms with Gasteiger partial charge in [0.25, 0.3) is 5.92 Å². The first-order chi connectivity index (χ1) is 33.3. The molecule has 0 radical (unpaired) electrons. The van der Waals surface area contributed by atoms with E-state index in [1.165, 1.54) is 19.9 Å². The molecule has 15 nitrogen and oxygen atoms in total. The molecule has 0 spiro atoms. The molecule has 1 fully saturated rings. The van der Waals surface area contributed by atoms with Gasteiger partial charge in [-0.15, -0.1) is 0 Å².